The van der Waals surface area contributed by atoms with Crippen molar-refractivity contribution in [1.82, 2.24) is 4.98 Å². The number of nitrogens with zero attached hydrogens (tertiary/aromatic N) is 1. The molecule has 0 aliphatic rings. The maximum absolute atomic E-state index is 5.66. The summed E-state index contributed by atoms with van der Waals surface area (Å²) in [5.41, 5.74) is 7.70. The maximum Gasteiger partial charge on any atom is 0.233 e. The first kappa shape index (κ1) is 12.1. The number of nitrogens with two attached hydrogens (primary N) is 1. The number of ether oxygens (including phenoxy) is 1. The summed E-state index contributed by atoms with van der Waals surface area (Å²) in [6, 6.07) is 9.62. The van der Waals surface area contributed by atoms with E-state index in [1.165, 1.54) is 0 Å². The van der Waals surface area contributed by atoms with Crippen LogP contribution in [0.5, 0.6) is 11.6 Å². The molecule has 17 heavy (non-hydrogen) atoms. The van der Waals surface area contributed by atoms with E-state index in [9.17, 15) is 0 Å². The van der Waals surface area contributed by atoms with E-state index in [1.54, 1.807) is 6.20 Å². The monoisotopic (exact) mass is 292 g/mol. The fourth-order valence-electron chi connectivity index (χ4n) is 1.40. The highest BCUT2D eigenvalue weighted by Gasteiger charge is 2.04. The Morgan fingerprint density at radius 1 is 1.29 bits per heavy atom. The minimum atomic E-state index is 0.534. The summed E-state index contributed by atoms with van der Waals surface area (Å²) in [6.07, 6.45) is 1.77. The SMILES string of the molecule is Cc1cnc(Oc2ccc(CN)cc2)c(Br)c1. The van der Waals surface area contributed by atoms with Gasteiger partial charge in [-0.25, -0.2) is 4.98 Å². The van der Waals surface area contributed by atoms with Gasteiger partial charge in [0.1, 0.15) is 5.75 Å². The molecule has 0 saturated heterocycles. The molecule has 0 aliphatic carbocycles. The van der Waals surface area contributed by atoms with E-state index in [0.717, 1.165) is 21.3 Å². The van der Waals surface area contributed by atoms with Crippen LogP contribution in [0.15, 0.2) is 41.0 Å². The van der Waals surface area contributed by atoms with Crippen molar-refractivity contribution in [2.45, 2.75) is 13.5 Å². The van der Waals surface area contributed by atoms with Crippen molar-refractivity contribution in [3.8, 4) is 11.6 Å². The zero-order valence-electron chi connectivity index (χ0n) is 9.48. The molecule has 88 valence electrons. The molecule has 1 heterocycles. The quantitative estimate of drug-likeness (QED) is 0.943. The van der Waals surface area contributed by atoms with Gasteiger partial charge in [0, 0.05) is 12.7 Å². The Hall–Kier alpha value is -1.39. The summed E-state index contributed by atoms with van der Waals surface area (Å²) < 4.78 is 6.51. The van der Waals surface area contributed by atoms with Crippen LogP contribution in [0.1, 0.15) is 11.1 Å². The fourth-order valence-corrected chi connectivity index (χ4v) is 1.95. The van der Waals surface area contributed by atoms with Crippen molar-refractivity contribution >= 4 is 15.9 Å². The highest BCUT2D eigenvalue weighted by Crippen LogP contribution is 2.27. The smallest absolute Gasteiger partial charge is 0.233 e. The van der Waals surface area contributed by atoms with E-state index in [1.807, 2.05) is 37.3 Å². The molecule has 0 unspecified atom stereocenters. The third-order valence-electron chi connectivity index (χ3n) is 2.32. The summed E-state index contributed by atoms with van der Waals surface area (Å²) in [4.78, 5) is 4.22. The zero-order chi connectivity index (χ0) is 12.3. The summed E-state index contributed by atoms with van der Waals surface area (Å²) in [5, 5.41) is 0. The molecule has 0 aliphatic heterocycles. The Morgan fingerprint density at radius 3 is 2.59 bits per heavy atom. The van der Waals surface area contributed by atoms with Crippen LogP contribution in [-0.4, -0.2) is 4.98 Å². The zero-order valence-corrected chi connectivity index (χ0v) is 11.1. The molecule has 0 spiro atoms. The van der Waals surface area contributed by atoms with Crippen molar-refractivity contribution in [2.75, 3.05) is 0 Å². The number of halogens is 1. The van der Waals surface area contributed by atoms with Gasteiger partial charge in [-0.3, -0.25) is 0 Å². The molecule has 4 heteroatoms. The molecule has 3 nitrogen and oxygen atoms in total. The van der Waals surface area contributed by atoms with Crippen molar-refractivity contribution in [1.29, 1.82) is 0 Å². The van der Waals surface area contributed by atoms with E-state index in [2.05, 4.69) is 20.9 Å². The van der Waals surface area contributed by atoms with Gasteiger partial charge in [0.15, 0.2) is 0 Å². The van der Waals surface area contributed by atoms with Crippen LogP contribution in [0.4, 0.5) is 0 Å². The molecule has 1 aromatic heterocycles. The standard InChI is InChI=1S/C13H13BrN2O/c1-9-6-12(14)13(16-8-9)17-11-4-2-10(7-15)3-5-11/h2-6,8H,7,15H2,1H3. The Balaban J connectivity index is 2.19. The molecule has 1 aromatic carbocycles. The van der Waals surface area contributed by atoms with Gasteiger partial charge < -0.3 is 10.5 Å². The Labute approximate surface area is 109 Å². The van der Waals surface area contributed by atoms with Gasteiger partial charge in [-0.05, 0) is 52.2 Å². The van der Waals surface area contributed by atoms with E-state index in [4.69, 9.17) is 10.5 Å². The number of benzene rings is 1. The molecule has 2 rings (SSSR count). The largest absolute Gasteiger partial charge is 0.438 e. The van der Waals surface area contributed by atoms with Crippen molar-refractivity contribution < 1.29 is 4.74 Å². The van der Waals surface area contributed by atoms with E-state index in [0.29, 0.717) is 12.4 Å². The molecule has 0 fully saturated rings. The lowest BCUT2D eigenvalue weighted by molar-refractivity contribution is 0.459. The first-order valence-electron chi connectivity index (χ1n) is 5.28. The number of pyridine rings is 1. The molecule has 2 aromatic rings. The highest BCUT2D eigenvalue weighted by molar-refractivity contribution is 9.10. The van der Waals surface area contributed by atoms with Crippen LogP contribution in [0, 0.1) is 6.92 Å². The van der Waals surface area contributed by atoms with Crippen LogP contribution < -0.4 is 10.5 Å². The second-order valence-corrected chi connectivity index (χ2v) is 4.60. The van der Waals surface area contributed by atoms with Gasteiger partial charge >= 0.3 is 0 Å². The predicted molar refractivity (Wildman–Crippen MR) is 71.1 cm³/mol. The lowest BCUT2D eigenvalue weighted by atomic mass is 10.2. The summed E-state index contributed by atoms with van der Waals surface area (Å²) in [5.74, 6) is 1.32. The average molecular weight is 293 g/mol. The lowest BCUT2D eigenvalue weighted by Crippen LogP contribution is -1.95. The van der Waals surface area contributed by atoms with Gasteiger partial charge in [0.25, 0.3) is 0 Å². The lowest BCUT2D eigenvalue weighted by Gasteiger charge is -2.07. The molecule has 0 bridgehead atoms. The topological polar surface area (TPSA) is 48.1 Å². The first-order chi connectivity index (χ1) is 8.19. The van der Waals surface area contributed by atoms with E-state index >= 15 is 0 Å². The molecule has 0 amide bonds. The number of rotatable bonds is 3. The van der Waals surface area contributed by atoms with Crippen LogP contribution in [-0.2, 0) is 6.54 Å². The molecule has 2 N–H and O–H groups in total. The third kappa shape index (κ3) is 3.05. The van der Waals surface area contributed by atoms with Crippen molar-refractivity contribution in [3.05, 3.63) is 52.1 Å². The van der Waals surface area contributed by atoms with Gasteiger partial charge in [0.2, 0.25) is 5.88 Å². The van der Waals surface area contributed by atoms with Gasteiger partial charge in [-0.15, -0.1) is 0 Å². The number of hydrogen-bond acceptors (Lipinski definition) is 3. The number of hydrogen-bond donors (Lipinski definition) is 1. The van der Waals surface area contributed by atoms with Crippen molar-refractivity contribution in [3.63, 3.8) is 0 Å². The van der Waals surface area contributed by atoms with Gasteiger partial charge in [-0.1, -0.05) is 12.1 Å². The van der Waals surface area contributed by atoms with Gasteiger partial charge in [-0.2, -0.15) is 0 Å². The van der Waals surface area contributed by atoms with E-state index in [-0.39, 0.29) is 0 Å². The molecule has 0 saturated carbocycles. The van der Waals surface area contributed by atoms with Crippen LogP contribution >= 0.6 is 15.9 Å². The van der Waals surface area contributed by atoms with Crippen LogP contribution in [0.2, 0.25) is 0 Å². The molecular weight excluding hydrogens is 280 g/mol. The molecule has 0 atom stereocenters. The third-order valence-corrected chi connectivity index (χ3v) is 2.89. The van der Waals surface area contributed by atoms with Gasteiger partial charge in [0.05, 0.1) is 4.47 Å². The van der Waals surface area contributed by atoms with Crippen LogP contribution in [0.3, 0.4) is 0 Å². The van der Waals surface area contributed by atoms with Crippen molar-refractivity contribution in [2.24, 2.45) is 5.73 Å². The van der Waals surface area contributed by atoms with E-state index < -0.39 is 0 Å². The minimum absolute atomic E-state index is 0.534. The fraction of sp³-hybridized carbons (Fsp3) is 0.154. The molecule has 0 radical (unpaired) electrons. The normalized spacial score (nSPS) is 10.3. The molecular formula is C13H13BrN2O. The second-order valence-electron chi connectivity index (χ2n) is 3.75. The highest BCUT2D eigenvalue weighted by atomic mass is 79.9. The maximum atomic E-state index is 5.66. The summed E-state index contributed by atoms with van der Waals surface area (Å²) in [6.45, 7) is 2.52. The Bertz CT molecular complexity index is 511. The predicted octanol–water partition coefficient (Wildman–Crippen LogP) is 3.40. The number of aromatic nitrogens is 1. The average Bonchev–Trinajstić information content (AvgIpc) is 2.34. The Morgan fingerprint density at radius 2 is 2.00 bits per heavy atom. The summed E-state index contributed by atoms with van der Waals surface area (Å²) >= 11 is 3.43. The van der Waals surface area contributed by atoms with Crippen LogP contribution in [0.25, 0.3) is 0 Å². The number of aryl methyl sites for hydroxylation is 1. The Kier molecular flexibility index (Phi) is 3.76. The second kappa shape index (κ2) is 5.29. The first-order valence-corrected chi connectivity index (χ1v) is 6.07. The minimum Gasteiger partial charge on any atom is -0.438 e. The summed E-state index contributed by atoms with van der Waals surface area (Å²) in [7, 11) is 0.